The molecule has 0 unspecified atom stereocenters. The Labute approximate surface area is 160 Å². The van der Waals surface area contributed by atoms with Crippen LogP contribution in [0.15, 0.2) is 24.3 Å². The maximum absolute atomic E-state index is 12.1. The molecule has 1 fully saturated rings. The number of nitrogens with one attached hydrogen (secondary N) is 2. The van der Waals surface area contributed by atoms with E-state index in [1.165, 1.54) is 0 Å². The highest BCUT2D eigenvalue weighted by Gasteiger charge is 2.24. The standard InChI is InChI=1S/C19H28N4O2S/c1-13(2)17(24)21-19(26)20-15-7-5-6-8-16(15)22-9-11-23(12-10-22)18(25)14(3)4/h5-8,13-14H,9-12H2,1-4H3,(H2,20,21,24,26). The molecule has 142 valence electrons. The van der Waals surface area contributed by atoms with Gasteiger partial charge in [-0.1, -0.05) is 39.8 Å². The minimum absolute atomic E-state index is 0.0254. The number of nitrogens with zero attached hydrogens (tertiary/aromatic N) is 2. The van der Waals surface area contributed by atoms with E-state index in [0.717, 1.165) is 24.5 Å². The van der Waals surface area contributed by atoms with Crippen LogP contribution in [0.2, 0.25) is 0 Å². The molecule has 2 N–H and O–H groups in total. The molecule has 26 heavy (non-hydrogen) atoms. The predicted molar refractivity (Wildman–Crippen MR) is 109 cm³/mol. The molecule has 2 amide bonds. The minimum atomic E-state index is -0.128. The van der Waals surface area contributed by atoms with Gasteiger partial charge < -0.3 is 20.4 Å². The van der Waals surface area contributed by atoms with Gasteiger partial charge in [0.15, 0.2) is 5.11 Å². The van der Waals surface area contributed by atoms with Crippen molar-refractivity contribution < 1.29 is 9.59 Å². The zero-order chi connectivity index (χ0) is 19.3. The summed E-state index contributed by atoms with van der Waals surface area (Å²) >= 11 is 5.26. The van der Waals surface area contributed by atoms with E-state index in [2.05, 4.69) is 15.5 Å². The number of anilines is 2. The summed E-state index contributed by atoms with van der Waals surface area (Å²) in [6.45, 7) is 10.5. The summed E-state index contributed by atoms with van der Waals surface area (Å²) in [7, 11) is 0. The number of hydrogen-bond acceptors (Lipinski definition) is 4. The number of piperazine rings is 1. The molecule has 6 nitrogen and oxygen atoms in total. The van der Waals surface area contributed by atoms with Crippen molar-refractivity contribution in [3.63, 3.8) is 0 Å². The maximum atomic E-state index is 12.1. The first-order chi connectivity index (χ1) is 12.3. The SMILES string of the molecule is CC(C)C(=O)NC(=S)Nc1ccccc1N1CCN(C(=O)C(C)C)CC1. The topological polar surface area (TPSA) is 64.7 Å². The fourth-order valence-electron chi connectivity index (χ4n) is 2.80. The summed E-state index contributed by atoms with van der Waals surface area (Å²) in [4.78, 5) is 28.1. The van der Waals surface area contributed by atoms with Gasteiger partial charge in [-0.15, -0.1) is 0 Å². The van der Waals surface area contributed by atoms with E-state index in [1.54, 1.807) is 0 Å². The van der Waals surface area contributed by atoms with Crippen LogP contribution in [-0.2, 0) is 9.59 Å². The van der Waals surface area contributed by atoms with Crippen molar-refractivity contribution in [2.45, 2.75) is 27.7 Å². The summed E-state index contributed by atoms with van der Waals surface area (Å²) < 4.78 is 0. The van der Waals surface area contributed by atoms with E-state index >= 15 is 0 Å². The third-order valence-corrected chi connectivity index (χ3v) is 4.54. The van der Waals surface area contributed by atoms with E-state index < -0.39 is 0 Å². The lowest BCUT2D eigenvalue weighted by Gasteiger charge is -2.37. The average molecular weight is 377 g/mol. The summed E-state index contributed by atoms with van der Waals surface area (Å²) in [5, 5.41) is 6.12. The molecular weight excluding hydrogens is 348 g/mol. The number of benzene rings is 1. The molecule has 0 saturated carbocycles. The highest BCUT2D eigenvalue weighted by Crippen LogP contribution is 2.26. The Morgan fingerprint density at radius 1 is 1.00 bits per heavy atom. The Balaban J connectivity index is 2.02. The third-order valence-electron chi connectivity index (χ3n) is 4.34. The highest BCUT2D eigenvalue weighted by molar-refractivity contribution is 7.80. The summed E-state index contributed by atoms with van der Waals surface area (Å²) in [5.41, 5.74) is 1.87. The van der Waals surface area contributed by atoms with E-state index in [0.29, 0.717) is 18.2 Å². The fraction of sp³-hybridized carbons (Fsp3) is 0.526. The quantitative estimate of drug-likeness (QED) is 0.791. The second kappa shape index (κ2) is 8.98. The fourth-order valence-corrected chi connectivity index (χ4v) is 3.01. The van der Waals surface area contributed by atoms with Gasteiger partial charge in [0.25, 0.3) is 0 Å². The van der Waals surface area contributed by atoms with Crippen LogP contribution in [0.1, 0.15) is 27.7 Å². The van der Waals surface area contributed by atoms with Crippen molar-refractivity contribution in [1.29, 1.82) is 0 Å². The lowest BCUT2D eigenvalue weighted by Crippen LogP contribution is -2.50. The van der Waals surface area contributed by atoms with Crippen molar-refractivity contribution in [3.05, 3.63) is 24.3 Å². The van der Waals surface area contributed by atoms with Crippen LogP contribution in [0.5, 0.6) is 0 Å². The molecular formula is C19H28N4O2S. The van der Waals surface area contributed by atoms with Gasteiger partial charge in [-0.2, -0.15) is 0 Å². The Kier molecular flexibility index (Phi) is 6.97. The molecule has 0 atom stereocenters. The second-order valence-corrected chi connectivity index (χ2v) is 7.49. The van der Waals surface area contributed by atoms with Gasteiger partial charge >= 0.3 is 0 Å². The number of carbonyl (C=O) groups excluding carboxylic acids is 2. The van der Waals surface area contributed by atoms with E-state index in [-0.39, 0.29) is 23.7 Å². The van der Waals surface area contributed by atoms with Crippen molar-refractivity contribution >= 4 is 40.5 Å². The Bertz CT molecular complexity index is 667. The molecule has 1 saturated heterocycles. The van der Waals surface area contributed by atoms with Crippen LogP contribution in [0, 0.1) is 11.8 Å². The normalized spacial score (nSPS) is 14.5. The van der Waals surface area contributed by atoms with Gasteiger partial charge in [-0.05, 0) is 24.4 Å². The number of amides is 2. The van der Waals surface area contributed by atoms with Crippen molar-refractivity contribution in [2.24, 2.45) is 11.8 Å². The number of para-hydroxylation sites is 2. The number of carbonyl (C=O) groups is 2. The van der Waals surface area contributed by atoms with Crippen LogP contribution in [0.3, 0.4) is 0 Å². The van der Waals surface area contributed by atoms with Crippen LogP contribution in [0.4, 0.5) is 11.4 Å². The van der Waals surface area contributed by atoms with Crippen LogP contribution in [-0.4, -0.2) is 48.0 Å². The van der Waals surface area contributed by atoms with Crippen molar-refractivity contribution in [3.8, 4) is 0 Å². The van der Waals surface area contributed by atoms with Gasteiger partial charge in [-0.25, -0.2) is 0 Å². The first-order valence-electron chi connectivity index (χ1n) is 9.04. The molecule has 2 rings (SSSR count). The first kappa shape index (κ1) is 20.2. The van der Waals surface area contributed by atoms with Gasteiger partial charge in [0.05, 0.1) is 11.4 Å². The van der Waals surface area contributed by atoms with Crippen molar-refractivity contribution in [2.75, 3.05) is 36.4 Å². The largest absolute Gasteiger partial charge is 0.366 e. The smallest absolute Gasteiger partial charge is 0.228 e. The van der Waals surface area contributed by atoms with E-state index in [4.69, 9.17) is 12.2 Å². The average Bonchev–Trinajstić information content (AvgIpc) is 2.61. The lowest BCUT2D eigenvalue weighted by atomic mass is 10.1. The summed E-state index contributed by atoms with van der Waals surface area (Å²) in [6, 6.07) is 7.86. The third kappa shape index (κ3) is 5.17. The minimum Gasteiger partial charge on any atom is -0.366 e. The molecule has 1 heterocycles. The zero-order valence-corrected chi connectivity index (χ0v) is 16.7. The molecule has 0 bridgehead atoms. The summed E-state index contributed by atoms with van der Waals surface area (Å²) in [5.74, 6) is -0.0107. The molecule has 0 aromatic heterocycles. The number of rotatable bonds is 4. The van der Waals surface area contributed by atoms with Gasteiger partial charge in [0.2, 0.25) is 11.8 Å². The van der Waals surface area contributed by atoms with Gasteiger partial charge in [0, 0.05) is 38.0 Å². The molecule has 7 heteroatoms. The molecule has 1 aliphatic heterocycles. The zero-order valence-electron chi connectivity index (χ0n) is 15.9. The van der Waals surface area contributed by atoms with Gasteiger partial charge in [-0.3, -0.25) is 9.59 Å². The summed E-state index contributed by atoms with van der Waals surface area (Å²) in [6.07, 6.45) is 0. The molecule has 0 aliphatic carbocycles. The molecule has 1 aliphatic rings. The highest BCUT2D eigenvalue weighted by atomic mass is 32.1. The lowest BCUT2D eigenvalue weighted by molar-refractivity contribution is -0.134. The molecule has 1 aromatic carbocycles. The molecule has 1 aromatic rings. The molecule has 0 radical (unpaired) electrons. The van der Waals surface area contributed by atoms with Crippen molar-refractivity contribution in [1.82, 2.24) is 10.2 Å². The van der Waals surface area contributed by atoms with Crippen LogP contribution >= 0.6 is 12.2 Å². The van der Waals surface area contributed by atoms with Gasteiger partial charge in [0.1, 0.15) is 0 Å². The number of hydrogen-bond donors (Lipinski definition) is 2. The Morgan fingerprint density at radius 2 is 1.62 bits per heavy atom. The van der Waals surface area contributed by atoms with E-state index in [1.807, 2.05) is 56.9 Å². The monoisotopic (exact) mass is 376 g/mol. The Hall–Kier alpha value is -2.15. The van der Waals surface area contributed by atoms with Crippen LogP contribution < -0.4 is 15.5 Å². The Morgan fingerprint density at radius 3 is 2.19 bits per heavy atom. The maximum Gasteiger partial charge on any atom is 0.228 e. The predicted octanol–water partition coefficient (Wildman–Crippen LogP) is 2.46. The molecule has 0 spiro atoms. The van der Waals surface area contributed by atoms with Crippen LogP contribution in [0.25, 0.3) is 0 Å². The first-order valence-corrected chi connectivity index (χ1v) is 9.45. The van der Waals surface area contributed by atoms with E-state index in [9.17, 15) is 9.59 Å². The number of thiocarbonyl (C=S) groups is 1. The second-order valence-electron chi connectivity index (χ2n) is 7.08.